The highest BCUT2D eigenvalue weighted by Crippen LogP contribution is 2.67. The Balaban J connectivity index is 1.62. The van der Waals surface area contributed by atoms with E-state index >= 15 is 0 Å². The quantitative estimate of drug-likeness (QED) is 0.744. The van der Waals surface area contributed by atoms with Crippen molar-refractivity contribution < 1.29 is 5.11 Å². The lowest BCUT2D eigenvalue weighted by Crippen LogP contribution is -2.68. The highest BCUT2D eigenvalue weighted by Gasteiger charge is 2.74. The lowest BCUT2D eigenvalue weighted by molar-refractivity contribution is -0.0345. The molecule has 3 nitrogen and oxygen atoms in total. The Labute approximate surface area is 137 Å². The summed E-state index contributed by atoms with van der Waals surface area (Å²) in [5.74, 6) is 1.05. The first-order valence-electron chi connectivity index (χ1n) is 9.09. The van der Waals surface area contributed by atoms with Crippen LogP contribution in [0.3, 0.4) is 0 Å². The Bertz CT molecular complexity index is 743. The van der Waals surface area contributed by atoms with Crippen molar-refractivity contribution in [1.82, 2.24) is 4.90 Å². The highest BCUT2D eigenvalue weighted by molar-refractivity contribution is 5.67. The number of piperidine rings is 4. The molecule has 1 aliphatic carbocycles. The predicted octanol–water partition coefficient (Wildman–Crippen LogP) is 2.16. The molecular formula is C20H24N2O. The van der Waals surface area contributed by atoms with E-state index in [0.29, 0.717) is 30.0 Å². The van der Waals surface area contributed by atoms with Gasteiger partial charge in [-0.25, -0.2) is 0 Å². The van der Waals surface area contributed by atoms with Gasteiger partial charge in [0, 0.05) is 42.7 Å². The van der Waals surface area contributed by atoms with Gasteiger partial charge in [-0.15, -0.1) is 0 Å². The van der Waals surface area contributed by atoms with Crippen molar-refractivity contribution in [2.24, 2.45) is 11.8 Å². The zero-order chi connectivity index (χ0) is 15.5. The molecule has 6 aliphatic rings. The van der Waals surface area contributed by atoms with Crippen LogP contribution in [0, 0.1) is 11.8 Å². The van der Waals surface area contributed by atoms with E-state index in [1.54, 1.807) is 5.57 Å². The molecule has 8 atom stereocenters. The molecule has 120 valence electrons. The van der Waals surface area contributed by atoms with Crippen LogP contribution < -0.4 is 4.90 Å². The molecule has 7 rings (SSSR count). The van der Waals surface area contributed by atoms with Crippen LogP contribution in [0.4, 0.5) is 5.69 Å². The minimum Gasteiger partial charge on any atom is -0.392 e. The van der Waals surface area contributed by atoms with Crippen LogP contribution in [-0.2, 0) is 5.41 Å². The molecule has 5 aliphatic heterocycles. The van der Waals surface area contributed by atoms with E-state index in [1.165, 1.54) is 17.7 Å². The van der Waals surface area contributed by atoms with E-state index in [0.717, 1.165) is 13.0 Å². The zero-order valence-corrected chi connectivity index (χ0v) is 13.8. The number of anilines is 1. The summed E-state index contributed by atoms with van der Waals surface area (Å²) in [6.45, 7) is 3.31. The molecule has 1 saturated carbocycles. The summed E-state index contributed by atoms with van der Waals surface area (Å²) in [6.07, 6.45) is 4.51. The standard InChI is InChI=1S/C20H24N2O/c1-3-11-10-22-15-8-12(11)17-16(22)9-20(19(17)23)13-6-4-5-7-14(13)21(2)18(15)20/h3-7,12,15-19,23H,8-10H2,1-2H3/b11-3+/t12-,15-,16-,17-,18-,19+,20+/m0/s1. The Hall–Kier alpha value is -1.32. The minimum atomic E-state index is -0.196. The normalized spacial score (nSPS) is 53.1. The second-order valence-corrected chi connectivity index (χ2v) is 8.35. The van der Waals surface area contributed by atoms with E-state index in [4.69, 9.17) is 0 Å². The van der Waals surface area contributed by atoms with E-state index < -0.39 is 0 Å². The number of likely N-dealkylation sites (N-methyl/N-ethyl adjacent to an activating group) is 1. The lowest BCUT2D eigenvalue weighted by Gasteiger charge is -2.58. The molecule has 5 bridgehead atoms. The van der Waals surface area contributed by atoms with Gasteiger partial charge in [0.25, 0.3) is 0 Å². The maximum absolute atomic E-state index is 11.6. The Morgan fingerprint density at radius 2 is 2.09 bits per heavy atom. The van der Waals surface area contributed by atoms with Crippen molar-refractivity contribution in [1.29, 1.82) is 0 Å². The second-order valence-electron chi connectivity index (χ2n) is 8.35. The van der Waals surface area contributed by atoms with E-state index in [2.05, 4.69) is 54.1 Å². The van der Waals surface area contributed by atoms with Gasteiger partial charge in [-0.1, -0.05) is 29.8 Å². The number of fused-ring (bicyclic) bond motifs is 2. The number of para-hydroxylation sites is 1. The Morgan fingerprint density at radius 1 is 1.26 bits per heavy atom. The van der Waals surface area contributed by atoms with Gasteiger partial charge in [0.2, 0.25) is 0 Å². The maximum Gasteiger partial charge on any atom is 0.0707 e. The molecule has 4 saturated heterocycles. The third-order valence-corrected chi connectivity index (χ3v) is 8.00. The SMILES string of the molecule is C/C=C1\CN2[C@H]3C[C@@]45c6ccccc6N(C)[C@H]4[C@@H]2C[C@@H]1[C@@H]3[C@H]5O. The maximum atomic E-state index is 11.6. The number of rotatable bonds is 0. The summed E-state index contributed by atoms with van der Waals surface area (Å²) in [5, 5.41) is 11.6. The molecule has 5 heterocycles. The van der Waals surface area contributed by atoms with Crippen LogP contribution in [0.2, 0.25) is 0 Å². The van der Waals surface area contributed by atoms with E-state index in [9.17, 15) is 5.11 Å². The van der Waals surface area contributed by atoms with Crippen LogP contribution in [0.1, 0.15) is 25.3 Å². The summed E-state index contributed by atoms with van der Waals surface area (Å²) in [7, 11) is 2.25. The molecule has 0 radical (unpaired) electrons. The van der Waals surface area contributed by atoms with Gasteiger partial charge in [-0.3, -0.25) is 4.90 Å². The molecule has 1 unspecified atom stereocenters. The van der Waals surface area contributed by atoms with Crippen LogP contribution in [0.25, 0.3) is 0 Å². The van der Waals surface area contributed by atoms with Gasteiger partial charge < -0.3 is 10.0 Å². The van der Waals surface area contributed by atoms with E-state index in [-0.39, 0.29) is 11.5 Å². The lowest BCUT2D eigenvalue weighted by atomic mass is 9.65. The molecule has 1 spiro atoms. The first kappa shape index (κ1) is 13.0. The second kappa shape index (κ2) is 3.84. The fraction of sp³-hybridized carbons (Fsp3) is 0.600. The van der Waals surface area contributed by atoms with Gasteiger partial charge in [-0.05, 0) is 37.3 Å². The molecular weight excluding hydrogens is 284 g/mol. The fourth-order valence-electron chi connectivity index (χ4n) is 7.35. The zero-order valence-electron chi connectivity index (χ0n) is 13.8. The summed E-state index contributed by atoms with van der Waals surface area (Å²) in [6, 6.07) is 10.5. The fourth-order valence-corrected chi connectivity index (χ4v) is 7.35. The molecule has 1 aromatic rings. The smallest absolute Gasteiger partial charge is 0.0707 e. The number of aliphatic hydroxyl groups excluding tert-OH is 1. The minimum absolute atomic E-state index is 0.0280. The average Bonchev–Trinajstić information content (AvgIpc) is 2.98. The number of aliphatic hydroxyl groups is 1. The number of hydrogen-bond acceptors (Lipinski definition) is 3. The number of nitrogens with zero attached hydrogens (tertiary/aromatic N) is 2. The summed E-state index contributed by atoms with van der Waals surface area (Å²) < 4.78 is 0. The van der Waals surface area contributed by atoms with Crippen molar-refractivity contribution in [3.8, 4) is 0 Å². The molecule has 1 N–H and O–H groups in total. The molecule has 0 amide bonds. The van der Waals surface area contributed by atoms with Gasteiger partial charge in [0.05, 0.1) is 12.1 Å². The van der Waals surface area contributed by atoms with Crippen molar-refractivity contribution >= 4 is 5.69 Å². The molecule has 3 heteroatoms. The Kier molecular flexibility index (Phi) is 2.17. The summed E-state index contributed by atoms with van der Waals surface area (Å²) >= 11 is 0. The van der Waals surface area contributed by atoms with Crippen molar-refractivity contribution in [2.75, 3.05) is 18.5 Å². The van der Waals surface area contributed by atoms with Gasteiger partial charge >= 0.3 is 0 Å². The third kappa shape index (κ3) is 1.17. The van der Waals surface area contributed by atoms with Gasteiger partial charge in [0.15, 0.2) is 0 Å². The van der Waals surface area contributed by atoms with Crippen molar-refractivity contribution in [3.63, 3.8) is 0 Å². The average molecular weight is 308 g/mol. The van der Waals surface area contributed by atoms with Crippen molar-refractivity contribution in [2.45, 2.75) is 49.4 Å². The first-order chi connectivity index (χ1) is 11.2. The highest BCUT2D eigenvalue weighted by atomic mass is 16.3. The third-order valence-electron chi connectivity index (χ3n) is 8.00. The molecule has 23 heavy (non-hydrogen) atoms. The molecule has 0 aromatic heterocycles. The topological polar surface area (TPSA) is 26.7 Å². The van der Waals surface area contributed by atoms with Crippen LogP contribution in [0.15, 0.2) is 35.9 Å². The van der Waals surface area contributed by atoms with Crippen LogP contribution >= 0.6 is 0 Å². The summed E-state index contributed by atoms with van der Waals surface area (Å²) in [5.41, 5.74) is 4.32. The predicted molar refractivity (Wildman–Crippen MR) is 90.6 cm³/mol. The number of allylic oxidation sites excluding steroid dienone is 1. The first-order valence-corrected chi connectivity index (χ1v) is 9.09. The summed E-state index contributed by atoms with van der Waals surface area (Å²) in [4.78, 5) is 5.25. The largest absolute Gasteiger partial charge is 0.392 e. The molecule has 1 aromatic carbocycles. The number of hydrogen-bond donors (Lipinski definition) is 1. The number of benzene rings is 1. The molecule has 5 fully saturated rings. The monoisotopic (exact) mass is 308 g/mol. The van der Waals surface area contributed by atoms with Gasteiger partial charge in [-0.2, -0.15) is 0 Å². The van der Waals surface area contributed by atoms with Crippen LogP contribution in [0.5, 0.6) is 0 Å². The van der Waals surface area contributed by atoms with Crippen molar-refractivity contribution in [3.05, 3.63) is 41.5 Å². The van der Waals surface area contributed by atoms with Gasteiger partial charge in [0.1, 0.15) is 0 Å². The van der Waals surface area contributed by atoms with Crippen LogP contribution in [-0.4, -0.2) is 47.8 Å². The Morgan fingerprint density at radius 3 is 2.91 bits per heavy atom. The van der Waals surface area contributed by atoms with E-state index in [1.807, 2.05) is 0 Å².